The van der Waals surface area contributed by atoms with E-state index in [1.165, 1.54) is 0 Å². The third-order valence-electron chi connectivity index (χ3n) is 1.92. The van der Waals surface area contributed by atoms with Crippen molar-refractivity contribution in [3.8, 4) is 11.5 Å². The standard InChI is InChI=1S/C10H9IN4/c1-6-2-3-13-8(4-6)10-14-5-7(11)9(12)15-10/h2-5H,1H3,(H2,12,14,15). The largest absolute Gasteiger partial charge is 0.383 e. The second-order valence-corrected chi connectivity index (χ2v) is 4.31. The van der Waals surface area contributed by atoms with Gasteiger partial charge >= 0.3 is 0 Å². The van der Waals surface area contributed by atoms with Gasteiger partial charge in [0.05, 0.1) is 3.57 Å². The highest BCUT2D eigenvalue weighted by atomic mass is 127. The number of nitrogen functional groups attached to an aromatic ring is 1. The van der Waals surface area contributed by atoms with Gasteiger partial charge < -0.3 is 5.73 Å². The molecule has 0 aliphatic rings. The number of aromatic nitrogens is 3. The summed E-state index contributed by atoms with van der Waals surface area (Å²) < 4.78 is 0.851. The predicted molar refractivity (Wildman–Crippen MR) is 67.1 cm³/mol. The molecule has 0 radical (unpaired) electrons. The summed E-state index contributed by atoms with van der Waals surface area (Å²) in [4.78, 5) is 12.6. The van der Waals surface area contributed by atoms with Crippen molar-refractivity contribution in [3.05, 3.63) is 33.7 Å². The van der Waals surface area contributed by atoms with Crippen LogP contribution in [0.4, 0.5) is 5.82 Å². The lowest BCUT2D eigenvalue weighted by Crippen LogP contribution is -1.99. The fraction of sp³-hybridized carbons (Fsp3) is 0.100. The Bertz CT molecular complexity index is 499. The Labute approximate surface area is 101 Å². The first-order valence-corrected chi connectivity index (χ1v) is 5.46. The molecule has 2 rings (SSSR count). The number of nitrogens with zero attached hydrogens (tertiary/aromatic N) is 3. The van der Waals surface area contributed by atoms with Crippen molar-refractivity contribution in [1.29, 1.82) is 0 Å². The molecule has 0 aliphatic carbocycles. The van der Waals surface area contributed by atoms with Gasteiger partial charge in [0.25, 0.3) is 0 Å². The smallest absolute Gasteiger partial charge is 0.180 e. The van der Waals surface area contributed by atoms with Crippen LogP contribution in [-0.2, 0) is 0 Å². The molecule has 5 heteroatoms. The van der Waals surface area contributed by atoms with Gasteiger partial charge in [0.15, 0.2) is 5.82 Å². The molecule has 0 aliphatic heterocycles. The minimum atomic E-state index is 0.490. The lowest BCUT2D eigenvalue weighted by Gasteiger charge is -2.02. The Hall–Kier alpha value is -1.24. The minimum Gasteiger partial charge on any atom is -0.383 e. The number of nitrogens with two attached hydrogens (primary N) is 1. The van der Waals surface area contributed by atoms with E-state index in [9.17, 15) is 0 Å². The van der Waals surface area contributed by atoms with Gasteiger partial charge in [-0.1, -0.05) is 0 Å². The van der Waals surface area contributed by atoms with E-state index in [-0.39, 0.29) is 0 Å². The molecule has 15 heavy (non-hydrogen) atoms. The Morgan fingerprint density at radius 3 is 2.80 bits per heavy atom. The monoisotopic (exact) mass is 312 g/mol. The normalized spacial score (nSPS) is 10.3. The lowest BCUT2D eigenvalue weighted by molar-refractivity contribution is 1.13. The lowest BCUT2D eigenvalue weighted by atomic mass is 10.2. The molecule has 4 nitrogen and oxygen atoms in total. The first-order chi connectivity index (χ1) is 7.16. The van der Waals surface area contributed by atoms with Crippen molar-refractivity contribution >= 4 is 28.4 Å². The van der Waals surface area contributed by atoms with Crippen molar-refractivity contribution in [3.63, 3.8) is 0 Å². The highest BCUT2D eigenvalue weighted by molar-refractivity contribution is 14.1. The molecule has 0 saturated heterocycles. The second-order valence-electron chi connectivity index (χ2n) is 3.15. The van der Waals surface area contributed by atoms with Gasteiger partial charge in [0.2, 0.25) is 0 Å². The van der Waals surface area contributed by atoms with Gasteiger partial charge in [-0.2, -0.15) is 0 Å². The van der Waals surface area contributed by atoms with E-state index >= 15 is 0 Å². The number of hydrogen-bond donors (Lipinski definition) is 1. The van der Waals surface area contributed by atoms with Crippen molar-refractivity contribution < 1.29 is 0 Å². The molecule has 2 N–H and O–H groups in total. The fourth-order valence-electron chi connectivity index (χ4n) is 1.16. The van der Waals surface area contributed by atoms with E-state index in [0.29, 0.717) is 11.6 Å². The van der Waals surface area contributed by atoms with E-state index in [1.54, 1.807) is 12.4 Å². The average molecular weight is 312 g/mol. The van der Waals surface area contributed by atoms with E-state index in [0.717, 1.165) is 14.8 Å². The molecule has 0 fully saturated rings. The molecule has 0 atom stereocenters. The molecular weight excluding hydrogens is 303 g/mol. The van der Waals surface area contributed by atoms with Gasteiger partial charge in [-0.15, -0.1) is 0 Å². The quantitative estimate of drug-likeness (QED) is 0.818. The summed E-state index contributed by atoms with van der Waals surface area (Å²) >= 11 is 2.10. The van der Waals surface area contributed by atoms with E-state index in [1.807, 2.05) is 19.1 Å². The molecule has 2 aromatic rings. The second kappa shape index (κ2) is 4.09. The highest BCUT2D eigenvalue weighted by Crippen LogP contribution is 2.17. The average Bonchev–Trinajstić information content (AvgIpc) is 2.22. The van der Waals surface area contributed by atoms with Crippen molar-refractivity contribution in [2.24, 2.45) is 0 Å². The Balaban J connectivity index is 2.50. The molecule has 2 heterocycles. The van der Waals surface area contributed by atoms with Crippen LogP contribution in [0, 0.1) is 10.5 Å². The van der Waals surface area contributed by atoms with Crippen molar-refractivity contribution in [1.82, 2.24) is 15.0 Å². The highest BCUT2D eigenvalue weighted by Gasteiger charge is 2.05. The van der Waals surface area contributed by atoms with Gasteiger partial charge in [-0.25, -0.2) is 9.97 Å². The number of halogens is 1. The maximum absolute atomic E-state index is 5.71. The zero-order valence-electron chi connectivity index (χ0n) is 8.11. The van der Waals surface area contributed by atoms with Crippen LogP contribution < -0.4 is 5.73 Å². The van der Waals surface area contributed by atoms with Crippen LogP contribution >= 0.6 is 22.6 Å². The topological polar surface area (TPSA) is 64.7 Å². The number of rotatable bonds is 1. The van der Waals surface area contributed by atoms with E-state index in [4.69, 9.17) is 5.73 Å². The van der Waals surface area contributed by atoms with Crippen LogP contribution in [0.15, 0.2) is 24.5 Å². The molecule has 76 valence electrons. The fourth-order valence-corrected chi connectivity index (χ4v) is 1.42. The Kier molecular flexibility index (Phi) is 2.81. The maximum Gasteiger partial charge on any atom is 0.180 e. The predicted octanol–water partition coefficient (Wildman–Crippen LogP) is 2.03. The molecule has 2 aromatic heterocycles. The van der Waals surface area contributed by atoms with Gasteiger partial charge in [0.1, 0.15) is 11.5 Å². The molecule has 0 bridgehead atoms. The summed E-state index contributed by atoms with van der Waals surface area (Å²) in [5.41, 5.74) is 7.58. The van der Waals surface area contributed by atoms with Gasteiger partial charge in [-0.05, 0) is 47.2 Å². The van der Waals surface area contributed by atoms with Gasteiger partial charge in [-0.3, -0.25) is 4.98 Å². The number of aryl methyl sites for hydroxylation is 1. The summed E-state index contributed by atoms with van der Waals surface area (Å²) in [6.07, 6.45) is 3.43. The number of anilines is 1. The summed E-state index contributed by atoms with van der Waals surface area (Å²) in [5, 5.41) is 0. The SMILES string of the molecule is Cc1ccnc(-c2ncc(I)c(N)n2)c1. The van der Waals surface area contributed by atoms with Crippen LogP contribution in [0.2, 0.25) is 0 Å². The van der Waals surface area contributed by atoms with Crippen molar-refractivity contribution in [2.75, 3.05) is 5.73 Å². The van der Waals surface area contributed by atoms with Crippen LogP contribution in [0.3, 0.4) is 0 Å². The summed E-state index contributed by atoms with van der Waals surface area (Å²) in [6, 6.07) is 3.86. The zero-order valence-corrected chi connectivity index (χ0v) is 10.3. The van der Waals surface area contributed by atoms with Crippen LogP contribution in [0.5, 0.6) is 0 Å². The Morgan fingerprint density at radius 1 is 1.33 bits per heavy atom. The third kappa shape index (κ3) is 2.23. The summed E-state index contributed by atoms with van der Waals surface area (Å²) in [7, 11) is 0. The van der Waals surface area contributed by atoms with Crippen molar-refractivity contribution in [2.45, 2.75) is 6.92 Å². The van der Waals surface area contributed by atoms with Gasteiger partial charge in [0, 0.05) is 12.4 Å². The van der Waals surface area contributed by atoms with E-state index in [2.05, 4.69) is 37.5 Å². The zero-order chi connectivity index (χ0) is 10.8. The summed E-state index contributed by atoms with van der Waals surface area (Å²) in [6.45, 7) is 2.00. The maximum atomic E-state index is 5.71. The van der Waals surface area contributed by atoms with E-state index < -0.39 is 0 Å². The minimum absolute atomic E-state index is 0.490. The number of pyridine rings is 1. The molecule has 0 saturated carbocycles. The third-order valence-corrected chi connectivity index (χ3v) is 2.75. The summed E-state index contributed by atoms with van der Waals surface area (Å²) in [5.74, 6) is 1.06. The molecule has 0 amide bonds. The van der Waals surface area contributed by atoms with Crippen LogP contribution in [0.1, 0.15) is 5.56 Å². The molecular formula is C10H9IN4. The first kappa shape index (κ1) is 10.3. The molecule has 0 aromatic carbocycles. The van der Waals surface area contributed by atoms with Crippen LogP contribution in [-0.4, -0.2) is 15.0 Å². The van der Waals surface area contributed by atoms with Crippen LogP contribution in [0.25, 0.3) is 11.5 Å². The molecule has 0 unspecified atom stereocenters. The Morgan fingerprint density at radius 2 is 2.13 bits per heavy atom. The first-order valence-electron chi connectivity index (χ1n) is 4.38. The molecule has 0 spiro atoms. The number of hydrogen-bond acceptors (Lipinski definition) is 4.